The molecule has 2 aromatic carbocycles. The fourth-order valence-electron chi connectivity index (χ4n) is 5.87. The molecule has 0 N–H and O–H groups in total. The minimum atomic E-state index is -2.97. The van der Waals surface area contributed by atoms with E-state index in [1.54, 1.807) is 6.07 Å². The van der Waals surface area contributed by atoms with Crippen LogP contribution in [0.2, 0.25) is 0 Å². The Morgan fingerprint density at radius 3 is 2.53 bits per heavy atom. The highest BCUT2D eigenvalue weighted by molar-refractivity contribution is 5.95. The first-order valence-corrected chi connectivity index (χ1v) is 13.8. The Morgan fingerprint density at radius 2 is 1.82 bits per heavy atom. The van der Waals surface area contributed by atoms with Gasteiger partial charge in [-0.15, -0.1) is 0 Å². The molecule has 1 saturated carbocycles. The van der Waals surface area contributed by atoms with Gasteiger partial charge in [-0.3, -0.25) is 9.69 Å². The zero-order valence-corrected chi connectivity index (χ0v) is 22.6. The van der Waals surface area contributed by atoms with E-state index >= 15 is 0 Å². The lowest BCUT2D eigenvalue weighted by atomic mass is 9.89. The molecule has 1 amide bonds. The van der Waals surface area contributed by atoms with Gasteiger partial charge in [-0.1, -0.05) is 61.2 Å². The standard InChI is InChI=1S/C31H40F2N2O3/c1-23(18-24-10-5-3-6-11-24)20-35(22-27-14-9-17-34(27)21-25-12-7-4-8-13-25)30(36)26-15-16-28(38-31(32)33)29(19-26)37-2/h3,5-6,10-11,15-16,18-19,25,27,31H,4,7-9,12-14,17,20-22H2,1-2H3/b23-18+/t27-/m0/s1. The highest BCUT2D eigenvalue weighted by atomic mass is 19.3. The van der Waals surface area contributed by atoms with Crippen molar-refractivity contribution in [1.82, 2.24) is 9.80 Å². The molecule has 0 unspecified atom stereocenters. The monoisotopic (exact) mass is 526 g/mol. The molecule has 2 aliphatic rings. The number of likely N-dealkylation sites (tertiary alicyclic amines) is 1. The van der Waals surface area contributed by atoms with Crippen molar-refractivity contribution in [3.8, 4) is 11.5 Å². The molecule has 1 aliphatic carbocycles. The van der Waals surface area contributed by atoms with E-state index in [9.17, 15) is 13.6 Å². The van der Waals surface area contributed by atoms with Gasteiger partial charge in [-0.2, -0.15) is 8.78 Å². The maximum Gasteiger partial charge on any atom is 0.387 e. The predicted octanol–water partition coefficient (Wildman–Crippen LogP) is 6.89. The van der Waals surface area contributed by atoms with Crippen molar-refractivity contribution >= 4 is 12.0 Å². The van der Waals surface area contributed by atoms with Crippen molar-refractivity contribution in [1.29, 1.82) is 0 Å². The van der Waals surface area contributed by atoms with Crippen LogP contribution in [-0.2, 0) is 0 Å². The van der Waals surface area contributed by atoms with Gasteiger partial charge >= 0.3 is 6.61 Å². The second-order valence-electron chi connectivity index (χ2n) is 10.6. The number of amides is 1. The lowest BCUT2D eigenvalue weighted by Crippen LogP contribution is -2.45. The summed E-state index contributed by atoms with van der Waals surface area (Å²) < 4.78 is 35.4. The van der Waals surface area contributed by atoms with Gasteiger partial charge in [-0.25, -0.2) is 0 Å². The van der Waals surface area contributed by atoms with E-state index < -0.39 is 6.61 Å². The number of nitrogens with zero attached hydrogens (tertiary/aromatic N) is 2. The maximum atomic E-state index is 13.9. The number of rotatable bonds is 11. The number of benzene rings is 2. The van der Waals surface area contributed by atoms with Crippen molar-refractivity contribution in [3.63, 3.8) is 0 Å². The molecule has 0 bridgehead atoms. The molecule has 2 aromatic rings. The van der Waals surface area contributed by atoms with Gasteiger partial charge < -0.3 is 14.4 Å². The average molecular weight is 527 g/mol. The summed E-state index contributed by atoms with van der Waals surface area (Å²) in [7, 11) is 1.38. The van der Waals surface area contributed by atoms with E-state index in [2.05, 4.69) is 15.7 Å². The summed E-state index contributed by atoms with van der Waals surface area (Å²) in [6.07, 6.45) is 10.9. The number of ether oxygens (including phenoxy) is 2. The quantitative estimate of drug-likeness (QED) is 0.320. The Morgan fingerprint density at radius 1 is 1.05 bits per heavy atom. The molecule has 2 fully saturated rings. The summed E-state index contributed by atoms with van der Waals surface area (Å²) in [6, 6.07) is 14.8. The zero-order valence-electron chi connectivity index (χ0n) is 22.6. The van der Waals surface area contributed by atoms with E-state index in [1.165, 1.54) is 51.3 Å². The van der Waals surface area contributed by atoms with Crippen molar-refractivity contribution in [2.75, 3.05) is 33.3 Å². The molecule has 38 heavy (non-hydrogen) atoms. The number of carbonyl (C=O) groups is 1. The SMILES string of the molecule is COc1cc(C(=O)N(C/C(C)=C/c2ccccc2)C[C@@H]2CCCN2CC2CCCCC2)ccc1OC(F)F. The first-order valence-electron chi connectivity index (χ1n) is 13.8. The van der Waals surface area contributed by atoms with Crippen LogP contribution in [-0.4, -0.2) is 61.6 Å². The van der Waals surface area contributed by atoms with Crippen LogP contribution >= 0.6 is 0 Å². The van der Waals surface area contributed by atoms with Crippen LogP contribution in [0.1, 0.15) is 67.8 Å². The predicted molar refractivity (Wildman–Crippen MR) is 147 cm³/mol. The number of carbonyl (C=O) groups excluding carboxylic acids is 1. The Labute approximate surface area is 225 Å². The van der Waals surface area contributed by atoms with E-state index in [0.717, 1.165) is 43.0 Å². The summed E-state index contributed by atoms with van der Waals surface area (Å²) in [6.45, 7) is 2.38. The summed E-state index contributed by atoms with van der Waals surface area (Å²) in [4.78, 5) is 18.3. The molecule has 5 nitrogen and oxygen atoms in total. The Hall–Kier alpha value is -2.93. The zero-order chi connectivity index (χ0) is 26.9. The molecule has 0 radical (unpaired) electrons. The number of hydrogen-bond donors (Lipinski definition) is 0. The molecule has 0 aromatic heterocycles. The topological polar surface area (TPSA) is 42.0 Å². The molecule has 1 saturated heterocycles. The van der Waals surface area contributed by atoms with Gasteiger partial charge in [-0.05, 0) is 68.8 Å². The molecule has 0 spiro atoms. The number of hydrogen-bond acceptors (Lipinski definition) is 4. The van der Waals surface area contributed by atoms with Crippen molar-refractivity contribution in [2.45, 2.75) is 64.5 Å². The highest BCUT2D eigenvalue weighted by Crippen LogP contribution is 2.31. The van der Waals surface area contributed by atoms with E-state index in [1.807, 2.05) is 42.2 Å². The van der Waals surface area contributed by atoms with Crippen LogP contribution in [0.5, 0.6) is 11.5 Å². The van der Waals surface area contributed by atoms with Crippen molar-refractivity contribution in [2.24, 2.45) is 5.92 Å². The van der Waals surface area contributed by atoms with Gasteiger partial charge in [0, 0.05) is 31.2 Å². The summed E-state index contributed by atoms with van der Waals surface area (Å²) in [5.41, 5.74) is 2.56. The van der Waals surface area contributed by atoms with Gasteiger partial charge in [0.15, 0.2) is 11.5 Å². The summed E-state index contributed by atoms with van der Waals surface area (Å²) >= 11 is 0. The lowest BCUT2D eigenvalue weighted by molar-refractivity contribution is -0.0512. The van der Waals surface area contributed by atoms with Crippen LogP contribution in [0.15, 0.2) is 54.1 Å². The second-order valence-corrected chi connectivity index (χ2v) is 10.6. The first-order chi connectivity index (χ1) is 18.4. The number of halogens is 2. The Kier molecular flexibility index (Phi) is 10.2. The van der Waals surface area contributed by atoms with Gasteiger partial charge in [0.1, 0.15) is 0 Å². The highest BCUT2D eigenvalue weighted by Gasteiger charge is 2.31. The first kappa shape index (κ1) is 28.1. The smallest absolute Gasteiger partial charge is 0.387 e. The molecule has 1 aliphatic heterocycles. The van der Waals surface area contributed by atoms with E-state index in [0.29, 0.717) is 24.7 Å². The summed E-state index contributed by atoms with van der Waals surface area (Å²) in [5.74, 6) is 0.643. The number of methoxy groups -OCH3 is 1. The molecule has 7 heteroatoms. The number of alkyl halides is 2. The molecule has 206 valence electrons. The molecular formula is C31H40F2N2O3. The van der Waals surface area contributed by atoms with Crippen molar-refractivity contribution < 1.29 is 23.0 Å². The van der Waals surface area contributed by atoms with Crippen LogP contribution in [0, 0.1) is 5.92 Å². The normalized spacial score (nSPS) is 19.1. The molecule has 4 rings (SSSR count). The Bertz CT molecular complexity index is 1070. The minimum absolute atomic E-state index is 0.0831. The third-order valence-corrected chi connectivity index (χ3v) is 7.71. The largest absolute Gasteiger partial charge is 0.493 e. The van der Waals surface area contributed by atoms with Crippen LogP contribution < -0.4 is 9.47 Å². The second kappa shape index (κ2) is 13.7. The van der Waals surface area contributed by atoms with Gasteiger partial charge in [0.2, 0.25) is 0 Å². The van der Waals surface area contributed by atoms with Crippen molar-refractivity contribution in [3.05, 3.63) is 65.2 Å². The maximum absolute atomic E-state index is 13.9. The van der Waals surface area contributed by atoms with E-state index in [4.69, 9.17) is 4.74 Å². The molecule has 1 heterocycles. The Balaban J connectivity index is 1.55. The minimum Gasteiger partial charge on any atom is -0.493 e. The average Bonchev–Trinajstić information content (AvgIpc) is 3.35. The fourth-order valence-corrected chi connectivity index (χ4v) is 5.87. The molecule has 1 atom stereocenters. The fraction of sp³-hybridized carbons (Fsp3) is 0.516. The molecular weight excluding hydrogens is 486 g/mol. The summed E-state index contributed by atoms with van der Waals surface area (Å²) in [5, 5.41) is 0. The van der Waals surface area contributed by atoms with Crippen LogP contribution in [0.3, 0.4) is 0 Å². The van der Waals surface area contributed by atoms with Gasteiger partial charge in [0.05, 0.1) is 7.11 Å². The van der Waals surface area contributed by atoms with Crippen LogP contribution in [0.4, 0.5) is 8.78 Å². The van der Waals surface area contributed by atoms with Crippen LogP contribution in [0.25, 0.3) is 6.08 Å². The third kappa shape index (κ3) is 7.79. The third-order valence-electron chi connectivity index (χ3n) is 7.71. The van der Waals surface area contributed by atoms with Gasteiger partial charge in [0.25, 0.3) is 5.91 Å². The lowest BCUT2D eigenvalue weighted by Gasteiger charge is -2.34. The van der Waals surface area contributed by atoms with E-state index in [-0.39, 0.29) is 17.4 Å².